The molecule has 0 atom stereocenters. The average molecular weight is 403 g/mol. The molecule has 0 heterocycles. The van der Waals surface area contributed by atoms with Crippen molar-refractivity contribution in [3.8, 4) is 5.75 Å². The first-order chi connectivity index (χ1) is 14.7. The molecule has 0 aromatic heterocycles. The van der Waals surface area contributed by atoms with Gasteiger partial charge in [0.1, 0.15) is 12.4 Å². The lowest BCUT2D eigenvalue weighted by Crippen LogP contribution is -2.38. The maximum atomic E-state index is 11.9. The Morgan fingerprint density at radius 2 is 1.73 bits per heavy atom. The highest BCUT2D eigenvalue weighted by molar-refractivity contribution is 6.35. The van der Waals surface area contributed by atoms with E-state index in [2.05, 4.69) is 15.8 Å². The molecule has 154 valence electrons. The first kappa shape index (κ1) is 21.0. The molecule has 0 aliphatic carbocycles. The van der Waals surface area contributed by atoms with E-state index in [4.69, 9.17) is 4.74 Å². The van der Waals surface area contributed by atoms with Crippen molar-refractivity contribution in [2.45, 2.75) is 26.4 Å². The highest BCUT2D eigenvalue weighted by atomic mass is 16.5. The third-order valence-corrected chi connectivity index (χ3v) is 4.55. The molecule has 0 unspecified atom stereocenters. The Kier molecular flexibility index (Phi) is 7.55. The number of unbranched alkanes of at least 4 members (excludes halogenated alkanes) is 1. The minimum Gasteiger partial charge on any atom is -0.488 e. The van der Waals surface area contributed by atoms with Gasteiger partial charge in [-0.15, -0.1) is 0 Å². The number of carbonyl (C=O) groups is 2. The number of fused-ring (bicyclic) bond motifs is 1. The van der Waals surface area contributed by atoms with Gasteiger partial charge in [-0.3, -0.25) is 9.59 Å². The summed E-state index contributed by atoms with van der Waals surface area (Å²) in [7, 11) is 0. The summed E-state index contributed by atoms with van der Waals surface area (Å²) in [5, 5.41) is 8.51. The van der Waals surface area contributed by atoms with E-state index in [0.717, 1.165) is 34.7 Å². The predicted octanol–water partition coefficient (Wildman–Crippen LogP) is 3.79. The zero-order valence-electron chi connectivity index (χ0n) is 16.9. The number of rotatable bonds is 8. The molecule has 6 nitrogen and oxygen atoms in total. The number of nitrogens with one attached hydrogen (secondary N) is 2. The summed E-state index contributed by atoms with van der Waals surface area (Å²) in [4.78, 5) is 23.7. The Morgan fingerprint density at radius 3 is 2.53 bits per heavy atom. The molecule has 0 aliphatic rings. The molecular formula is C24H25N3O3. The van der Waals surface area contributed by atoms with E-state index >= 15 is 0 Å². The van der Waals surface area contributed by atoms with Crippen molar-refractivity contribution in [2.75, 3.05) is 6.54 Å². The molecule has 0 aliphatic heterocycles. The molecule has 0 radical (unpaired) electrons. The van der Waals surface area contributed by atoms with Gasteiger partial charge in [0.25, 0.3) is 0 Å². The molecule has 2 N–H and O–H groups in total. The third-order valence-electron chi connectivity index (χ3n) is 4.55. The summed E-state index contributed by atoms with van der Waals surface area (Å²) < 4.78 is 6.02. The van der Waals surface area contributed by atoms with Crippen LogP contribution in [0.2, 0.25) is 0 Å². The summed E-state index contributed by atoms with van der Waals surface area (Å²) in [5.41, 5.74) is 4.07. The Balaban J connectivity index is 1.76. The van der Waals surface area contributed by atoms with E-state index in [1.165, 1.54) is 6.21 Å². The van der Waals surface area contributed by atoms with Crippen LogP contribution in [0, 0.1) is 0 Å². The van der Waals surface area contributed by atoms with Gasteiger partial charge in [-0.25, -0.2) is 5.43 Å². The lowest BCUT2D eigenvalue weighted by Gasteiger charge is -2.12. The van der Waals surface area contributed by atoms with Gasteiger partial charge in [-0.05, 0) is 28.8 Å². The fourth-order valence-electron chi connectivity index (χ4n) is 2.94. The van der Waals surface area contributed by atoms with Crippen molar-refractivity contribution in [3.05, 3.63) is 77.9 Å². The second kappa shape index (κ2) is 10.8. The van der Waals surface area contributed by atoms with Gasteiger partial charge in [0.05, 0.1) is 6.21 Å². The summed E-state index contributed by atoms with van der Waals surface area (Å²) >= 11 is 0. The maximum absolute atomic E-state index is 11.9. The summed E-state index contributed by atoms with van der Waals surface area (Å²) in [6.07, 6.45) is 3.27. The quantitative estimate of drug-likeness (QED) is 0.260. The minimum absolute atomic E-state index is 0.409. The molecule has 30 heavy (non-hydrogen) atoms. The molecule has 3 aromatic carbocycles. The number of nitrogens with zero attached hydrogens (tertiary/aromatic N) is 1. The monoisotopic (exact) mass is 403 g/mol. The van der Waals surface area contributed by atoms with Crippen molar-refractivity contribution < 1.29 is 14.3 Å². The molecular weight excluding hydrogens is 378 g/mol. The average Bonchev–Trinajstić information content (AvgIpc) is 2.79. The lowest BCUT2D eigenvalue weighted by molar-refractivity contribution is -0.139. The second-order valence-electron chi connectivity index (χ2n) is 6.78. The molecule has 2 amide bonds. The van der Waals surface area contributed by atoms with Crippen molar-refractivity contribution in [2.24, 2.45) is 5.10 Å². The van der Waals surface area contributed by atoms with E-state index in [-0.39, 0.29) is 0 Å². The third kappa shape index (κ3) is 5.67. The number of hydrogen-bond donors (Lipinski definition) is 2. The standard InChI is InChI=1S/C24H25N3O3/c1-2-3-15-25-23(28)24(29)27-26-16-21-20-12-8-7-11-19(20)13-14-22(21)30-17-18-9-5-4-6-10-18/h4-14,16H,2-3,15,17H2,1H3,(H,25,28)(H,27,29). The highest BCUT2D eigenvalue weighted by Crippen LogP contribution is 2.27. The normalized spacial score (nSPS) is 10.8. The number of benzene rings is 3. The zero-order chi connectivity index (χ0) is 21.2. The molecule has 0 fully saturated rings. The summed E-state index contributed by atoms with van der Waals surface area (Å²) in [5.74, 6) is -0.851. The van der Waals surface area contributed by atoms with Crippen molar-refractivity contribution in [1.29, 1.82) is 0 Å². The van der Waals surface area contributed by atoms with Crippen LogP contribution in [0.25, 0.3) is 10.8 Å². The fourth-order valence-corrected chi connectivity index (χ4v) is 2.94. The van der Waals surface area contributed by atoms with E-state index in [0.29, 0.717) is 18.9 Å². The Hall–Kier alpha value is -3.67. The minimum atomic E-state index is -0.797. The maximum Gasteiger partial charge on any atom is 0.329 e. The molecule has 3 aromatic rings. The molecule has 0 saturated heterocycles. The largest absolute Gasteiger partial charge is 0.488 e. The first-order valence-electron chi connectivity index (χ1n) is 9.98. The predicted molar refractivity (Wildman–Crippen MR) is 118 cm³/mol. The van der Waals surface area contributed by atoms with Crippen LogP contribution in [-0.4, -0.2) is 24.6 Å². The topological polar surface area (TPSA) is 79.8 Å². The van der Waals surface area contributed by atoms with E-state index in [9.17, 15) is 9.59 Å². The fraction of sp³-hybridized carbons (Fsp3) is 0.208. The Labute approximate surface area is 175 Å². The van der Waals surface area contributed by atoms with Crippen LogP contribution >= 0.6 is 0 Å². The molecule has 0 spiro atoms. The highest BCUT2D eigenvalue weighted by Gasteiger charge is 2.12. The van der Waals surface area contributed by atoms with Crippen molar-refractivity contribution >= 4 is 28.8 Å². The van der Waals surface area contributed by atoms with Gasteiger partial charge in [-0.2, -0.15) is 5.10 Å². The molecule has 3 rings (SSSR count). The van der Waals surface area contributed by atoms with Gasteiger partial charge in [-0.1, -0.05) is 74.0 Å². The van der Waals surface area contributed by atoms with Crippen LogP contribution < -0.4 is 15.5 Å². The van der Waals surface area contributed by atoms with E-state index in [1.807, 2.05) is 73.7 Å². The molecule has 6 heteroatoms. The number of amides is 2. The van der Waals surface area contributed by atoms with Gasteiger partial charge >= 0.3 is 11.8 Å². The molecule has 0 saturated carbocycles. The van der Waals surface area contributed by atoms with Crippen LogP contribution in [0.4, 0.5) is 0 Å². The zero-order valence-corrected chi connectivity index (χ0v) is 16.9. The number of ether oxygens (including phenoxy) is 1. The smallest absolute Gasteiger partial charge is 0.329 e. The van der Waals surface area contributed by atoms with Crippen LogP contribution in [0.5, 0.6) is 5.75 Å². The molecule has 0 bridgehead atoms. The van der Waals surface area contributed by atoms with Crippen LogP contribution in [0.3, 0.4) is 0 Å². The van der Waals surface area contributed by atoms with Gasteiger partial charge in [0.15, 0.2) is 0 Å². The Bertz CT molecular complexity index is 1030. The van der Waals surface area contributed by atoms with Crippen LogP contribution in [-0.2, 0) is 16.2 Å². The van der Waals surface area contributed by atoms with Crippen molar-refractivity contribution in [1.82, 2.24) is 10.7 Å². The lowest BCUT2D eigenvalue weighted by atomic mass is 10.0. The number of hydrazone groups is 1. The van der Waals surface area contributed by atoms with E-state index < -0.39 is 11.8 Å². The van der Waals surface area contributed by atoms with Gasteiger partial charge in [0, 0.05) is 12.1 Å². The first-order valence-corrected chi connectivity index (χ1v) is 9.98. The number of carbonyl (C=O) groups excluding carboxylic acids is 2. The van der Waals surface area contributed by atoms with Gasteiger partial charge in [0.2, 0.25) is 0 Å². The van der Waals surface area contributed by atoms with Crippen LogP contribution in [0.1, 0.15) is 30.9 Å². The van der Waals surface area contributed by atoms with Crippen LogP contribution in [0.15, 0.2) is 71.8 Å². The van der Waals surface area contributed by atoms with Crippen molar-refractivity contribution in [3.63, 3.8) is 0 Å². The summed E-state index contributed by atoms with van der Waals surface area (Å²) in [6, 6.07) is 21.6. The summed E-state index contributed by atoms with van der Waals surface area (Å²) in [6.45, 7) is 2.89. The number of hydrogen-bond acceptors (Lipinski definition) is 4. The van der Waals surface area contributed by atoms with Gasteiger partial charge < -0.3 is 10.1 Å². The second-order valence-corrected chi connectivity index (χ2v) is 6.78. The Morgan fingerprint density at radius 1 is 0.967 bits per heavy atom. The SMILES string of the molecule is CCCCNC(=O)C(=O)NN=Cc1c(OCc2ccccc2)ccc2ccccc12. The van der Waals surface area contributed by atoms with E-state index in [1.54, 1.807) is 0 Å².